The third-order valence-corrected chi connectivity index (χ3v) is 3.02. The number of nitrogens with zero attached hydrogens (tertiary/aromatic N) is 1. The van der Waals surface area contributed by atoms with Gasteiger partial charge in [0.15, 0.2) is 5.25 Å². The largest absolute Gasteiger partial charge is 0.464 e. The zero-order chi connectivity index (χ0) is 12.0. The number of halogens is 1. The molecule has 0 radical (unpaired) electrons. The molecule has 0 N–H and O–H groups in total. The molecule has 1 aromatic carbocycles. The van der Waals surface area contributed by atoms with E-state index >= 15 is 0 Å². The molecule has 0 aliphatic rings. The molecular weight excluding hydrogens is 246 g/mol. The molecule has 1 aromatic rings. The van der Waals surface area contributed by atoms with E-state index in [1.807, 2.05) is 6.07 Å². The molecular formula is C11H10ClNO2S. The van der Waals surface area contributed by atoms with Crippen LogP contribution in [0.5, 0.6) is 0 Å². The van der Waals surface area contributed by atoms with E-state index in [0.717, 1.165) is 16.7 Å². The fourth-order valence-corrected chi connectivity index (χ4v) is 1.90. The first-order valence-electron chi connectivity index (χ1n) is 4.66. The van der Waals surface area contributed by atoms with Crippen LogP contribution in [-0.4, -0.2) is 17.8 Å². The number of nitriles is 1. The normalized spacial score (nSPS) is 11.6. The van der Waals surface area contributed by atoms with Crippen molar-refractivity contribution >= 4 is 29.3 Å². The summed E-state index contributed by atoms with van der Waals surface area (Å²) in [5, 5.41) is 8.63. The number of carbonyl (C=O) groups is 1. The van der Waals surface area contributed by atoms with E-state index in [4.69, 9.17) is 21.6 Å². The third kappa shape index (κ3) is 3.76. The molecule has 0 spiro atoms. The lowest BCUT2D eigenvalue weighted by molar-refractivity contribution is -0.141. The highest BCUT2D eigenvalue weighted by Gasteiger charge is 2.20. The molecule has 0 saturated carbocycles. The van der Waals surface area contributed by atoms with Gasteiger partial charge in [0.05, 0.1) is 12.7 Å². The monoisotopic (exact) mass is 255 g/mol. The fraction of sp³-hybridized carbons (Fsp3) is 0.273. The molecule has 0 aliphatic carbocycles. The van der Waals surface area contributed by atoms with Gasteiger partial charge in [-0.3, -0.25) is 0 Å². The highest BCUT2D eigenvalue weighted by molar-refractivity contribution is 8.00. The molecule has 0 heterocycles. The van der Waals surface area contributed by atoms with Crippen LogP contribution in [0.15, 0.2) is 29.2 Å². The molecule has 1 rings (SSSR count). The standard InChI is InChI=1S/C11H10ClNO2S/c1-2-15-11(14)10(7-13)16-9-5-3-8(12)4-6-9/h3-6,10H,2H2,1H3/t10-/m1/s1. The van der Waals surface area contributed by atoms with Gasteiger partial charge < -0.3 is 4.74 Å². The average Bonchev–Trinajstić information content (AvgIpc) is 2.28. The van der Waals surface area contributed by atoms with Gasteiger partial charge in [0.1, 0.15) is 0 Å². The minimum Gasteiger partial charge on any atom is -0.464 e. The molecule has 0 amide bonds. The van der Waals surface area contributed by atoms with E-state index in [2.05, 4.69) is 0 Å². The molecule has 5 heteroatoms. The summed E-state index contributed by atoms with van der Waals surface area (Å²) < 4.78 is 4.78. The predicted molar refractivity (Wildman–Crippen MR) is 63.3 cm³/mol. The fourth-order valence-electron chi connectivity index (χ4n) is 0.994. The van der Waals surface area contributed by atoms with Gasteiger partial charge in [-0.2, -0.15) is 5.26 Å². The second-order valence-electron chi connectivity index (χ2n) is 2.83. The Kier molecular flexibility index (Phi) is 5.17. The zero-order valence-corrected chi connectivity index (χ0v) is 10.2. The van der Waals surface area contributed by atoms with Crippen LogP contribution in [-0.2, 0) is 9.53 Å². The molecule has 1 atom stereocenters. The number of ether oxygens (including phenoxy) is 1. The summed E-state index contributed by atoms with van der Waals surface area (Å²) in [6.07, 6.45) is 0. The summed E-state index contributed by atoms with van der Waals surface area (Å²) in [5.41, 5.74) is 0. The van der Waals surface area contributed by atoms with Crippen molar-refractivity contribution in [3.8, 4) is 6.07 Å². The minimum absolute atomic E-state index is 0.276. The Morgan fingerprint density at radius 3 is 2.69 bits per heavy atom. The van der Waals surface area contributed by atoms with Crippen molar-refractivity contribution in [2.24, 2.45) is 0 Å². The predicted octanol–water partition coefficient (Wildman–Crippen LogP) is 2.89. The summed E-state index contributed by atoms with van der Waals surface area (Å²) in [6.45, 7) is 1.98. The highest BCUT2D eigenvalue weighted by Crippen LogP contribution is 2.25. The molecule has 0 aromatic heterocycles. The van der Waals surface area contributed by atoms with Crippen molar-refractivity contribution in [2.45, 2.75) is 17.1 Å². The van der Waals surface area contributed by atoms with Crippen LogP contribution in [0.2, 0.25) is 5.02 Å². The Morgan fingerprint density at radius 2 is 2.19 bits per heavy atom. The Bertz CT molecular complexity index is 399. The van der Waals surface area contributed by atoms with Crippen molar-refractivity contribution in [1.82, 2.24) is 0 Å². The number of hydrogen-bond donors (Lipinski definition) is 0. The number of carbonyl (C=O) groups excluding carboxylic acids is 1. The Balaban J connectivity index is 2.67. The second-order valence-corrected chi connectivity index (χ2v) is 4.45. The molecule has 0 bridgehead atoms. The highest BCUT2D eigenvalue weighted by atomic mass is 35.5. The molecule has 0 saturated heterocycles. The maximum Gasteiger partial charge on any atom is 0.334 e. The molecule has 0 unspecified atom stereocenters. The molecule has 0 aliphatic heterocycles. The molecule has 3 nitrogen and oxygen atoms in total. The first-order chi connectivity index (χ1) is 7.67. The van der Waals surface area contributed by atoms with Gasteiger partial charge in [-0.05, 0) is 31.2 Å². The van der Waals surface area contributed by atoms with Crippen molar-refractivity contribution in [2.75, 3.05) is 6.61 Å². The van der Waals surface area contributed by atoms with Crippen LogP contribution in [0, 0.1) is 11.3 Å². The van der Waals surface area contributed by atoms with Crippen LogP contribution < -0.4 is 0 Å². The van der Waals surface area contributed by atoms with E-state index in [-0.39, 0.29) is 6.61 Å². The SMILES string of the molecule is CCOC(=O)[C@@H](C#N)Sc1ccc(Cl)cc1. The van der Waals surface area contributed by atoms with Gasteiger partial charge in [0, 0.05) is 9.92 Å². The topological polar surface area (TPSA) is 50.1 Å². The Hall–Kier alpha value is -1.18. The number of esters is 1. The van der Waals surface area contributed by atoms with Crippen molar-refractivity contribution in [1.29, 1.82) is 5.26 Å². The molecule has 0 fully saturated rings. The minimum atomic E-state index is -0.832. The first kappa shape index (κ1) is 12.9. The first-order valence-corrected chi connectivity index (χ1v) is 5.91. The molecule has 16 heavy (non-hydrogen) atoms. The van der Waals surface area contributed by atoms with Gasteiger partial charge in [0.25, 0.3) is 0 Å². The Morgan fingerprint density at radius 1 is 1.56 bits per heavy atom. The number of thioether (sulfide) groups is 1. The lowest BCUT2D eigenvalue weighted by Gasteiger charge is -2.07. The summed E-state index contributed by atoms with van der Waals surface area (Å²) in [4.78, 5) is 12.2. The van der Waals surface area contributed by atoms with Crippen LogP contribution in [0.1, 0.15) is 6.92 Å². The van der Waals surface area contributed by atoms with E-state index in [0.29, 0.717) is 5.02 Å². The summed E-state index contributed by atoms with van der Waals surface area (Å²) >= 11 is 6.88. The third-order valence-electron chi connectivity index (χ3n) is 1.69. The summed E-state index contributed by atoms with van der Waals surface area (Å²) in [5.74, 6) is -0.509. The van der Waals surface area contributed by atoms with Gasteiger partial charge >= 0.3 is 5.97 Å². The number of rotatable bonds is 4. The smallest absolute Gasteiger partial charge is 0.334 e. The van der Waals surface area contributed by atoms with Gasteiger partial charge in [-0.15, -0.1) is 0 Å². The Labute approximate surface area is 103 Å². The lowest BCUT2D eigenvalue weighted by atomic mass is 10.4. The lowest BCUT2D eigenvalue weighted by Crippen LogP contribution is -2.18. The van der Waals surface area contributed by atoms with E-state index in [9.17, 15) is 4.79 Å². The van der Waals surface area contributed by atoms with E-state index in [1.165, 1.54) is 0 Å². The van der Waals surface area contributed by atoms with Crippen LogP contribution in [0.4, 0.5) is 0 Å². The van der Waals surface area contributed by atoms with Crippen molar-refractivity contribution < 1.29 is 9.53 Å². The number of benzene rings is 1. The zero-order valence-electron chi connectivity index (χ0n) is 8.64. The molecule has 84 valence electrons. The maximum absolute atomic E-state index is 11.4. The van der Waals surface area contributed by atoms with E-state index in [1.54, 1.807) is 31.2 Å². The number of hydrogen-bond acceptors (Lipinski definition) is 4. The van der Waals surface area contributed by atoms with Gasteiger partial charge in [0.2, 0.25) is 0 Å². The van der Waals surface area contributed by atoms with Crippen LogP contribution >= 0.6 is 23.4 Å². The van der Waals surface area contributed by atoms with Crippen LogP contribution in [0.3, 0.4) is 0 Å². The van der Waals surface area contributed by atoms with Crippen molar-refractivity contribution in [3.05, 3.63) is 29.3 Å². The van der Waals surface area contributed by atoms with Gasteiger partial charge in [-0.25, -0.2) is 4.79 Å². The quantitative estimate of drug-likeness (QED) is 0.613. The van der Waals surface area contributed by atoms with Crippen LogP contribution in [0.25, 0.3) is 0 Å². The van der Waals surface area contributed by atoms with Gasteiger partial charge in [-0.1, -0.05) is 23.4 Å². The maximum atomic E-state index is 11.4. The summed E-state index contributed by atoms with van der Waals surface area (Å²) in [6, 6.07) is 8.85. The van der Waals surface area contributed by atoms with Crippen molar-refractivity contribution in [3.63, 3.8) is 0 Å². The average molecular weight is 256 g/mol. The second kappa shape index (κ2) is 6.41. The summed E-state index contributed by atoms with van der Waals surface area (Å²) in [7, 11) is 0. The van der Waals surface area contributed by atoms with E-state index < -0.39 is 11.2 Å².